The molecule has 3 amide bonds. The fourth-order valence-electron chi connectivity index (χ4n) is 4.11. The lowest BCUT2D eigenvalue weighted by molar-refractivity contribution is -0.274. The number of carbonyl (C=O) groups is 2. The third-order valence-electron chi connectivity index (χ3n) is 6.21. The van der Waals surface area contributed by atoms with Gasteiger partial charge in [0.05, 0.1) is 19.3 Å². The first-order chi connectivity index (χ1) is 19.3. The van der Waals surface area contributed by atoms with Crippen LogP contribution in [0.1, 0.15) is 51.5 Å². The van der Waals surface area contributed by atoms with Crippen LogP contribution in [0, 0.1) is 0 Å². The van der Waals surface area contributed by atoms with E-state index in [0.29, 0.717) is 0 Å². The van der Waals surface area contributed by atoms with Gasteiger partial charge in [-0.2, -0.15) is 0 Å². The maximum absolute atomic E-state index is 14.5. The van der Waals surface area contributed by atoms with Crippen LogP contribution in [0.3, 0.4) is 0 Å². The van der Waals surface area contributed by atoms with Gasteiger partial charge in [0, 0.05) is 31.5 Å². The van der Waals surface area contributed by atoms with Crippen LogP contribution in [-0.4, -0.2) is 82.8 Å². The summed E-state index contributed by atoms with van der Waals surface area (Å²) in [4.78, 5) is 27.2. The topological polar surface area (TPSA) is 139 Å². The minimum atomic E-state index is -4.86. The van der Waals surface area contributed by atoms with Crippen LogP contribution in [0.15, 0.2) is 28.7 Å². The molecule has 1 fully saturated rings. The number of halogens is 5. The van der Waals surface area contributed by atoms with E-state index in [1.54, 1.807) is 13.8 Å². The lowest BCUT2D eigenvalue weighted by Gasteiger charge is -2.31. The largest absolute Gasteiger partial charge is 0.573 e. The van der Waals surface area contributed by atoms with Crippen LogP contribution in [0.25, 0.3) is 11.5 Å². The Hall–Kier alpha value is -3.53. The fraction of sp³-hybridized carbons (Fsp3) is 0.600. The van der Waals surface area contributed by atoms with Crippen LogP contribution in [0.2, 0.25) is 0 Å². The monoisotopic (exact) mass is 593 g/mol. The van der Waals surface area contributed by atoms with E-state index in [9.17, 15) is 36.6 Å². The van der Waals surface area contributed by atoms with Crippen LogP contribution in [0.4, 0.5) is 26.7 Å². The Morgan fingerprint density at radius 2 is 1.73 bits per heavy atom. The second-order valence-electron chi connectivity index (χ2n) is 9.40. The van der Waals surface area contributed by atoms with E-state index >= 15 is 0 Å². The van der Waals surface area contributed by atoms with E-state index < -0.39 is 61.0 Å². The molecule has 3 N–H and O–H groups in total. The van der Waals surface area contributed by atoms with E-state index in [4.69, 9.17) is 9.15 Å². The molecule has 1 unspecified atom stereocenters. The Kier molecular flexibility index (Phi) is 10.8. The van der Waals surface area contributed by atoms with Crippen molar-refractivity contribution in [1.82, 2.24) is 25.7 Å². The lowest BCUT2D eigenvalue weighted by atomic mass is 10.0. The number of amides is 3. The molecule has 2 heterocycles. The van der Waals surface area contributed by atoms with E-state index in [0.717, 1.165) is 12.1 Å². The van der Waals surface area contributed by atoms with Crippen molar-refractivity contribution in [2.75, 3.05) is 26.3 Å². The van der Waals surface area contributed by atoms with E-state index in [-0.39, 0.29) is 56.5 Å². The standard InChI is InChI=1S/C25H32F5N5O6/c1-3-9-24(26,27)14-18(32-23(38)35-10-12-39-13-11-35)20(37)31-17(4-2)19(36)22-34-33-21(40-22)15-5-7-16(8-6-15)41-25(28,29)30/h5-8,17-19,36H,3-4,9-14H2,1-2H3,(H,31,37)(H,32,38)/t17-,18-,19?/m0/s1. The highest BCUT2D eigenvalue weighted by Crippen LogP contribution is 2.29. The molecule has 0 bridgehead atoms. The zero-order valence-electron chi connectivity index (χ0n) is 22.4. The van der Waals surface area contributed by atoms with Gasteiger partial charge < -0.3 is 34.5 Å². The van der Waals surface area contributed by atoms with Gasteiger partial charge >= 0.3 is 12.4 Å². The van der Waals surface area contributed by atoms with Crippen molar-refractivity contribution in [2.45, 2.75) is 70.0 Å². The first kappa shape index (κ1) is 32.0. The lowest BCUT2D eigenvalue weighted by Crippen LogP contribution is -2.56. The summed E-state index contributed by atoms with van der Waals surface area (Å²) in [6, 6.07) is 1.19. The molecule has 0 aliphatic carbocycles. The number of morpholine rings is 1. The minimum Gasteiger partial charge on any atom is -0.418 e. The number of ether oxygens (including phenoxy) is 2. The molecule has 0 saturated carbocycles. The number of aliphatic hydroxyl groups excluding tert-OH is 1. The molecule has 1 saturated heterocycles. The number of nitrogens with zero attached hydrogens (tertiary/aromatic N) is 3. The molecule has 2 aromatic rings. The molecule has 1 aliphatic rings. The van der Waals surface area contributed by atoms with Crippen LogP contribution in [0.5, 0.6) is 5.75 Å². The molecular formula is C25H32F5N5O6. The van der Waals surface area contributed by atoms with Gasteiger partial charge in [0.25, 0.3) is 5.92 Å². The number of hydrogen-bond donors (Lipinski definition) is 3. The third kappa shape index (κ3) is 9.52. The van der Waals surface area contributed by atoms with Gasteiger partial charge in [-0.1, -0.05) is 20.3 Å². The Labute approximate surface area is 232 Å². The number of aromatic nitrogens is 2. The molecule has 228 valence electrons. The van der Waals surface area contributed by atoms with Gasteiger partial charge in [0.1, 0.15) is 11.8 Å². The molecular weight excluding hydrogens is 561 g/mol. The number of carbonyl (C=O) groups excluding carboxylic acids is 2. The fourth-order valence-corrected chi connectivity index (χ4v) is 4.11. The molecule has 16 heteroatoms. The van der Waals surface area contributed by atoms with Crippen LogP contribution in [-0.2, 0) is 9.53 Å². The highest BCUT2D eigenvalue weighted by molar-refractivity contribution is 5.87. The highest BCUT2D eigenvalue weighted by Gasteiger charge is 2.38. The Morgan fingerprint density at radius 1 is 1.07 bits per heavy atom. The molecule has 0 radical (unpaired) electrons. The summed E-state index contributed by atoms with van der Waals surface area (Å²) in [6.45, 7) is 4.20. The Bertz CT molecular complexity index is 1140. The first-order valence-corrected chi connectivity index (χ1v) is 13.0. The second kappa shape index (κ2) is 13.9. The third-order valence-corrected chi connectivity index (χ3v) is 6.21. The van der Waals surface area contributed by atoms with Crippen LogP contribution >= 0.6 is 0 Å². The second-order valence-corrected chi connectivity index (χ2v) is 9.40. The van der Waals surface area contributed by atoms with Gasteiger partial charge in [0.2, 0.25) is 17.7 Å². The molecule has 41 heavy (non-hydrogen) atoms. The predicted octanol–water partition coefficient (Wildman–Crippen LogP) is 3.80. The summed E-state index contributed by atoms with van der Waals surface area (Å²) >= 11 is 0. The summed E-state index contributed by atoms with van der Waals surface area (Å²) in [5.74, 6) is -5.10. The predicted molar refractivity (Wildman–Crippen MR) is 133 cm³/mol. The number of rotatable bonds is 12. The maximum Gasteiger partial charge on any atom is 0.573 e. The first-order valence-electron chi connectivity index (χ1n) is 13.0. The number of alkyl halides is 5. The van der Waals surface area contributed by atoms with Crippen molar-refractivity contribution in [3.8, 4) is 17.2 Å². The molecule has 1 aliphatic heterocycles. The number of benzene rings is 1. The summed E-state index contributed by atoms with van der Waals surface area (Å²) in [6.07, 6.45) is -7.59. The van der Waals surface area contributed by atoms with Crippen molar-refractivity contribution >= 4 is 11.9 Å². The smallest absolute Gasteiger partial charge is 0.418 e. The van der Waals surface area contributed by atoms with E-state index in [2.05, 4.69) is 25.6 Å². The van der Waals surface area contributed by atoms with E-state index in [1.165, 1.54) is 17.0 Å². The Morgan fingerprint density at radius 3 is 2.32 bits per heavy atom. The summed E-state index contributed by atoms with van der Waals surface area (Å²) < 4.78 is 80.7. The quantitative estimate of drug-likeness (QED) is 0.316. The average Bonchev–Trinajstić information content (AvgIpc) is 3.41. The normalized spacial score (nSPS) is 16.5. The van der Waals surface area contributed by atoms with Crippen molar-refractivity contribution < 1.29 is 50.5 Å². The summed E-state index contributed by atoms with van der Waals surface area (Å²) in [5.41, 5.74) is 0.228. The van der Waals surface area contributed by atoms with E-state index in [1.807, 2.05) is 0 Å². The molecule has 1 aromatic heterocycles. The SMILES string of the molecule is CCCC(F)(F)C[C@H](NC(=O)N1CCOCC1)C(=O)N[C@@H](CC)C(O)c1nnc(-c2ccc(OC(F)(F)F)cc2)o1. The minimum absolute atomic E-state index is 0.115. The van der Waals surface area contributed by atoms with Gasteiger partial charge in [-0.3, -0.25) is 4.79 Å². The molecule has 11 nitrogen and oxygen atoms in total. The Balaban J connectivity index is 1.71. The maximum atomic E-state index is 14.5. The number of nitrogens with one attached hydrogen (secondary N) is 2. The summed E-state index contributed by atoms with van der Waals surface area (Å²) in [5, 5.41) is 23.2. The highest BCUT2D eigenvalue weighted by atomic mass is 19.4. The summed E-state index contributed by atoms with van der Waals surface area (Å²) in [7, 11) is 0. The van der Waals surface area contributed by atoms with Gasteiger partial charge in [-0.05, 0) is 30.7 Å². The van der Waals surface area contributed by atoms with Gasteiger partial charge in [-0.15, -0.1) is 23.4 Å². The number of aliphatic hydroxyl groups is 1. The molecule has 0 spiro atoms. The van der Waals surface area contributed by atoms with Crippen molar-refractivity contribution in [2.24, 2.45) is 0 Å². The molecule has 3 atom stereocenters. The average molecular weight is 594 g/mol. The van der Waals surface area contributed by atoms with Crippen molar-refractivity contribution in [3.63, 3.8) is 0 Å². The number of hydrogen-bond acceptors (Lipinski definition) is 8. The molecule has 3 rings (SSSR count). The molecule has 1 aromatic carbocycles. The van der Waals surface area contributed by atoms with Gasteiger partial charge in [0.15, 0.2) is 6.10 Å². The van der Waals surface area contributed by atoms with Crippen LogP contribution < -0.4 is 15.4 Å². The zero-order valence-corrected chi connectivity index (χ0v) is 22.4. The van der Waals surface area contributed by atoms with Crippen molar-refractivity contribution in [1.29, 1.82) is 0 Å². The number of urea groups is 1. The zero-order chi connectivity index (χ0) is 30.2. The van der Waals surface area contributed by atoms with Gasteiger partial charge in [-0.25, -0.2) is 13.6 Å². The van der Waals surface area contributed by atoms with Crippen molar-refractivity contribution in [3.05, 3.63) is 30.2 Å².